The lowest BCUT2D eigenvalue weighted by molar-refractivity contribution is 0.1000. The number of sulfone groups is 1. The number of Topliss-reactive ketones (excluding diaryl/α,β-unsaturated/α-hetero) is 1. The van der Waals surface area contributed by atoms with Gasteiger partial charge in [0.25, 0.3) is 0 Å². The van der Waals surface area contributed by atoms with Gasteiger partial charge in [-0.2, -0.15) is 0 Å². The van der Waals surface area contributed by atoms with E-state index in [4.69, 9.17) is 0 Å². The van der Waals surface area contributed by atoms with Gasteiger partial charge >= 0.3 is 0 Å². The highest BCUT2D eigenvalue weighted by Gasteiger charge is 2.18. The number of hydrogen-bond acceptors (Lipinski definition) is 4. The SMILES string of the molecule is CC(=O)c1nc2ccccc2n1CCS(=O)(=O)c1ccccc1. The molecule has 0 bridgehead atoms. The Balaban J connectivity index is 1.96. The minimum atomic E-state index is -3.41. The van der Waals surface area contributed by atoms with Crippen LogP contribution in [-0.4, -0.2) is 29.5 Å². The summed E-state index contributed by atoms with van der Waals surface area (Å²) in [5.41, 5.74) is 1.45. The number of aryl methyl sites for hydroxylation is 1. The molecule has 0 unspecified atom stereocenters. The molecule has 0 aliphatic carbocycles. The van der Waals surface area contributed by atoms with Crippen molar-refractivity contribution in [2.24, 2.45) is 0 Å². The van der Waals surface area contributed by atoms with Crippen LogP contribution in [0.5, 0.6) is 0 Å². The van der Waals surface area contributed by atoms with Crippen LogP contribution >= 0.6 is 0 Å². The molecule has 0 spiro atoms. The number of nitrogens with zero attached hydrogens (tertiary/aromatic N) is 2. The van der Waals surface area contributed by atoms with E-state index >= 15 is 0 Å². The topological polar surface area (TPSA) is 69.0 Å². The van der Waals surface area contributed by atoms with E-state index in [1.165, 1.54) is 6.92 Å². The maximum atomic E-state index is 12.4. The Morgan fingerprint density at radius 2 is 1.70 bits per heavy atom. The van der Waals surface area contributed by atoms with Gasteiger partial charge in [0.2, 0.25) is 0 Å². The summed E-state index contributed by atoms with van der Waals surface area (Å²) in [6.07, 6.45) is 0. The van der Waals surface area contributed by atoms with Crippen molar-refractivity contribution in [2.45, 2.75) is 18.4 Å². The molecule has 23 heavy (non-hydrogen) atoms. The van der Waals surface area contributed by atoms with Crippen LogP contribution < -0.4 is 0 Å². The van der Waals surface area contributed by atoms with E-state index in [2.05, 4.69) is 4.98 Å². The molecule has 3 aromatic rings. The minimum absolute atomic E-state index is 0.0857. The smallest absolute Gasteiger partial charge is 0.195 e. The predicted molar refractivity (Wildman–Crippen MR) is 88.2 cm³/mol. The fraction of sp³-hybridized carbons (Fsp3) is 0.176. The standard InChI is InChI=1S/C17H16N2O3S/c1-13(20)17-18-15-9-5-6-10-16(15)19(17)11-12-23(21,22)14-7-3-2-4-8-14/h2-10H,11-12H2,1H3. The first-order valence-electron chi connectivity index (χ1n) is 7.23. The van der Waals surface area contributed by atoms with E-state index in [9.17, 15) is 13.2 Å². The first kappa shape index (κ1) is 15.4. The van der Waals surface area contributed by atoms with Gasteiger partial charge in [-0.15, -0.1) is 0 Å². The monoisotopic (exact) mass is 328 g/mol. The fourth-order valence-electron chi connectivity index (χ4n) is 2.53. The second kappa shape index (κ2) is 5.96. The molecule has 1 aromatic heterocycles. The van der Waals surface area contributed by atoms with Gasteiger partial charge in [0.15, 0.2) is 21.4 Å². The average molecular weight is 328 g/mol. The molecule has 0 fully saturated rings. The molecular weight excluding hydrogens is 312 g/mol. The van der Waals surface area contributed by atoms with Crippen molar-refractivity contribution in [3.8, 4) is 0 Å². The largest absolute Gasteiger partial charge is 0.320 e. The molecule has 0 aliphatic rings. The molecule has 0 radical (unpaired) electrons. The van der Waals surface area contributed by atoms with Crippen LogP contribution in [0.4, 0.5) is 0 Å². The van der Waals surface area contributed by atoms with Crippen molar-refractivity contribution >= 4 is 26.7 Å². The van der Waals surface area contributed by atoms with Crippen LogP contribution in [0, 0.1) is 0 Å². The lowest BCUT2D eigenvalue weighted by atomic mass is 10.3. The number of para-hydroxylation sites is 2. The summed E-state index contributed by atoms with van der Waals surface area (Å²) >= 11 is 0. The number of imidazole rings is 1. The van der Waals surface area contributed by atoms with Crippen LogP contribution in [-0.2, 0) is 16.4 Å². The maximum Gasteiger partial charge on any atom is 0.195 e. The molecule has 0 aliphatic heterocycles. The number of aromatic nitrogens is 2. The molecule has 2 aromatic carbocycles. The van der Waals surface area contributed by atoms with Crippen LogP contribution in [0.15, 0.2) is 59.5 Å². The quantitative estimate of drug-likeness (QED) is 0.675. The highest BCUT2D eigenvalue weighted by atomic mass is 32.2. The molecule has 5 nitrogen and oxygen atoms in total. The lowest BCUT2D eigenvalue weighted by Gasteiger charge is -2.08. The van der Waals surface area contributed by atoms with E-state index < -0.39 is 9.84 Å². The molecular formula is C17H16N2O3S. The van der Waals surface area contributed by atoms with E-state index in [1.54, 1.807) is 34.9 Å². The van der Waals surface area contributed by atoms with Crippen molar-refractivity contribution in [1.29, 1.82) is 0 Å². The van der Waals surface area contributed by atoms with Crippen molar-refractivity contribution in [3.63, 3.8) is 0 Å². The van der Waals surface area contributed by atoms with Crippen molar-refractivity contribution < 1.29 is 13.2 Å². The molecule has 0 atom stereocenters. The maximum absolute atomic E-state index is 12.4. The van der Waals surface area contributed by atoms with Crippen LogP contribution in [0.25, 0.3) is 11.0 Å². The fourth-order valence-corrected chi connectivity index (χ4v) is 3.76. The molecule has 118 valence electrons. The van der Waals surface area contributed by atoms with Gasteiger partial charge in [-0.3, -0.25) is 4.79 Å². The lowest BCUT2D eigenvalue weighted by Crippen LogP contribution is -2.16. The van der Waals surface area contributed by atoms with Gasteiger partial charge in [0.05, 0.1) is 21.7 Å². The summed E-state index contributed by atoms with van der Waals surface area (Å²) in [7, 11) is -3.41. The molecule has 0 saturated heterocycles. The Morgan fingerprint density at radius 1 is 1.04 bits per heavy atom. The molecule has 6 heteroatoms. The average Bonchev–Trinajstić information content (AvgIpc) is 2.93. The van der Waals surface area contributed by atoms with Gasteiger partial charge in [-0.25, -0.2) is 13.4 Å². The third-order valence-corrected chi connectivity index (χ3v) is 5.37. The van der Waals surface area contributed by atoms with Gasteiger partial charge in [-0.1, -0.05) is 30.3 Å². The molecule has 0 N–H and O–H groups in total. The van der Waals surface area contributed by atoms with E-state index in [0.29, 0.717) is 5.52 Å². The van der Waals surface area contributed by atoms with Crippen molar-refractivity contribution in [1.82, 2.24) is 9.55 Å². The normalized spacial score (nSPS) is 11.7. The van der Waals surface area contributed by atoms with Gasteiger partial charge in [0, 0.05) is 13.5 Å². The Kier molecular flexibility index (Phi) is 4.00. The predicted octanol–water partition coefficient (Wildman–Crippen LogP) is 2.71. The number of carbonyl (C=O) groups is 1. The Bertz CT molecular complexity index is 960. The second-order valence-electron chi connectivity index (χ2n) is 5.26. The Labute approximate surface area is 134 Å². The zero-order valence-corrected chi connectivity index (χ0v) is 13.5. The minimum Gasteiger partial charge on any atom is -0.320 e. The third kappa shape index (κ3) is 3.03. The number of benzene rings is 2. The van der Waals surface area contributed by atoms with Crippen LogP contribution in [0.3, 0.4) is 0 Å². The van der Waals surface area contributed by atoms with Crippen LogP contribution in [0.1, 0.15) is 17.5 Å². The molecule has 3 rings (SSSR count). The highest BCUT2D eigenvalue weighted by Crippen LogP contribution is 2.18. The number of hydrogen-bond donors (Lipinski definition) is 0. The summed E-state index contributed by atoms with van der Waals surface area (Å²) in [4.78, 5) is 16.4. The van der Waals surface area contributed by atoms with E-state index in [-0.39, 0.29) is 28.8 Å². The first-order chi connectivity index (χ1) is 11.0. The zero-order valence-electron chi connectivity index (χ0n) is 12.6. The number of carbonyl (C=O) groups excluding carboxylic acids is 1. The number of ketones is 1. The highest BCUT2D eigenvalue weighted by molar-refractivity contribution is 7.91. The van der Waals surface area contributed by atoms with Gasteiger partial charge in [0.1, 0.15) is 0 Å². The zero-order chi connectivity index (χ0) is 16.4. The molecule has 0 saturated carbocycles. The van der Waals surface area contributed by atoms with E-state index in [0.717, 1.165) is 5.52 Å². The summed E-state index contributed by atoms with van der Waals surface area (Å²) < 4.78 is 26.5. The Morgan fingerprint density at radius 3 is 2.39 bits per heavy atom. The second-order valence-corrected chi connectivity index (χ2v) is 7.37. The summed E-state index contributed by atoms with van der Waals surface area (Å²) in [6.45, 7) is 1.62. The molecule has 0 amide bonds. The van der Waals surface area contributed by atoms with Gasteiger partial charge in [-0.05, 0) is 24.3 Å². The van der Waals surface area contributed by atoms with E-state index in [1.807, 2.05) is 24.3 Å². The first-order valence-corrected chi connectivity index (χ1v) is 8.88. The van der Waals surface area contributed by atoms with Crippen molar-refractivity contribution in [3.05, 3.63) is 60.4 Å². The summed E-state index contributed by atoms with van der Waals surface area (Å²) in [6, 6.07) is 15.6. The Hall–Kier alpha value is -2.47. The molecule has 1 heterocycles. The third-order valence-electron chi connectivity index (χ3n) is 3.66. The number of rotatable bonds is 5. The van der Waals surface area contributed by atoms with Gasteiger partial charge < -0.3 is 4.57 Å². The summed E-state index contributed by atoms with van der Waals surface area (Å²) in [5.74, 6) is 0.0188. The van der Waals surface area contributed by atoms with Crippen LogP contribution in [0.2, 0.25) is 0 Å². The van der Waals surface area contributed by atoms with Crippen molar-refractivity contribution in [2.75, 3.05) is 5.75 Å². The number of fused-ring (bicyclic) bond motifs is 1. The summed E-state index contributed by atoms with van der Waals surface area (Å²) in [5, 5.41) is 0.